The quantitative estimate of drug-likeness (QED) is 0.637. The highest BCUT2D eigenvalue weighted by atomic mass is 16.2. The van der Waals surface area contributed by atoms with Crippen LogP contribution in [0.15, 0.2) is 12.1 Å². The van der Waals surface area contributed by atoms with Crippen LogP contribution in [0.5, 0.6) is 0 Å². The van der Waals surface area contributed by atoms with Crippen LogP contribution < -0.4 is 10.6 Å². The number of hydrogen-bond donors (Lipinski definition) is 2. The number of amides is 2. The van der Waals surface area contributed by atoms with E-state index >= 15 is 0 Å². The number of anilines is 1. The van der Waals surface area contributed by atoms with Crippen molar-refractivity contribution < 1.29 is 14.4 Å². The summed E-state index contributed by atoms with van der Waals surface area (Å²) in [5.74, 6) is 2.85. The summed E-state index contributed by atoms with van der Waals surface area (Å²) in [4.78, 5) is 42.7. The van der Waals surface area contributed by atoms with E-state index < -0.39 is 6.04 Å². The van der Waals surface area contributed by atoms with Gasteiger partial charge in [-0.2, -0.15) is 0 Å². The van der Waals surface area contributed by atoms with Crippen molar-refractivity contribution in [3.05, 3.63) is 23.4 Å². The molecular formula is C23H30N4O3. The first kappa shape index (κ1) is 21.8. The summed E-state index contributed by atoms with van der Waals surface area (Å²) in [6.45, 7) is 4.31. The van der Waals surface area contributed by atoms with Crippen molar-refractivity contribution in [3.8, 4) is 12.3 Å². The Balaban J connectivity index is 1.53. The first-order chi connectivity index (χ1) is 14.4. The van der Waals surface area contributed by atoms with Crippen molar-refractivity contribution in [3.63, 3.8) is 0 Å². The number of ketones is 1. The van der Waals surface area contributed by atoms with E-state index in [1.165, 1.54) is 12.5 Å². The van der Waals surface area contributed by atoms with Gasteiger partial charge in [0, 0.05) is 30.6 Å². The Morgan fingerprint density at radius 3 is 2.97 bits per heavy atom. The number of hydrogen-bond acceptors (Lipinski definition) is 5. The number of nitrogens with zero attached hydrogens (tertiary/aromatic N) is 2. The second-order valence-corrected chi connectivity index (χ2v) is 8.32. The average molecular weight is 411 g/mol. The van der Waals surface area contributed by atoms with E-state index in [9.17, 15) is 14.4 Å². The number of Topliss-reactive ketones (excluding diaryl/α,β-unsaturated/α-hetero) is 1. The number of fused-ring (bicyclic) bond motifs is 1. The summed E-state index contributed by atoms with van der Waals surface area (Å²) in [6, 6.07) is 3.53. The number of likely N-dealkylation sites (tertiary alicyclic amines) is 1. The van der Waals surface area contributed by atoms with Crippen molar-refractivity contribution in [2.45, 2.75) is 64.5 Å². The van der Waals surface area contributed by atoms with E-state index in [4.69, 9.17) is 11.4 Å². The van der Waals surface area contributed by atoms with Gasteiger partial charge in [-0.25, -0.2) is 4.98 Å². The zero-order valence-corrected chi connectivity index (χ0v) is 17.7. The van der Waals surface area contributed by atoms with Crippen LogP contribution in [0.4, 0.5) is 5.82 Å². The number of carbonyl (C=O) groups excluding carboxylic acids is 3. The number of aryl methyl sites for hydroxylation is 2. The number of carbonyl (C=O) groups is 3. The molecule has 3 rings (SSSR count). The van der Waals surface area contributed by atoms with E-state index in [1.807, 2.05) is 6.92 Å². The van der Waals surface area contributed by atoms with Gasteiger partial charge in [0.2, 0.25) is 11.8 Å². The van der Waals surface area contributed by atoms with Crippen LogP contribution in [-0.4, -0.2) is 52.7 Å². The fourth-order valence-corrected chi connectivity index (χ4v) is 4.23. The largest absolute Gasteiger partial charge is 0.370 e. The van der Waals surface area contributed by atoms with Crippen LogP contribution in [0, 0.1) is 18.3 Å². The minimum atomic E-state index is -0.637. The van der Waals surface area contributed by atoms with Gasteiger partial charge in [0.05, 0.1) is 12.6 Å². The van der Waals surface area contributed by atoms with Gasteiger partial charge >= 0.3 is 0 Å². The molecule has 2 N–H and O–H groups in total. The molecule has 0 aliphatic carbocycles. The number of rotatable bonds is 8. The molecule has 2 aliphatic heterocycles. The molecule has 1 aromatic rings. The zero-order valence-electron chi connectivity index (χ0n) is 17.7. The number of terminal acetylenes is 1. The maximum absolute atomic E-state index is 12.9. The zero-order chi connectivity index (χ0) is 21.7. The molecule has 1 aromatic heterocycles. The molecule has 1 saturated heterocycles. The maximum Gasteiger partial charge on any atom is 0.240 e. The third kappa shape index (κ3) is 5.38. The molecule has 7 nitrogen and oxygen atoms in total. The second-order valence-electron chi connectivity index (χ2n) is 8.32. The molecule has 2 aliphatic rings. The number of nitrogens with one attached hydrogen (secondary N) is 2. The molecule has 0 saturated carbocycles. The molecule has 3 heterocycles. The molecule has 3 atom stereocenters. The standard InChI is InChI=1S/C23H30N4O3/c1-4-19(13-16(3)28)25-21(29)14-27-15(2)12-18(23(27)30)8-10-20-9-7-17-6-5-11-24-22(17)26-20/h1,7,9,15,18-19H,5-6,8,10-14H2,2-3H3,(H,24,26)(H,25,29)/t15-,18+,19-/m1/s1. The molecule has 30 heavy (non-hydrogen) atoms. The highest BCUT2D eigenvalue weighted by molar-refractivity contribution is 5.88. The molecule has 0 aromatic carbocycles. The van der Waals surface area contributed by atoms with Gasteiger partial charge in [0.25, 0.3) is 0 Å². The molecule has 7 heteroatoms. The average Bonchev–Trinajstić information content (AvgIpc) is 2.98. The molecule has 0 unspecified atom stereocenters. The van der Waals surface area contributed by atoms with Gasteiger partial charge in [-0.15, -0.1) is 6.42 Å². The molecule has 1 fully saturated rings. The van der Waals surface area contributed by atoms with Gasteiger partial charge in [-0.05, 0) is 57.6 Å². The van der Waals surface area contributed by atoms with E-state index in [2.05, 4.69) is 28.7 Å². The lowest BCUT2D eigenvalue weighted by molar-refractivity contribution is -0.136. The Labute approximate surface area is 178 Å². The summed E-state index contributed by atoms with van der Waals surface area (Å²) in [5, 5.41) is 6.00. The van der Waals surface area contributed by atoms with Gasteiger partial charge in [0.15, 0.2) is 0 Å². The Morgan fingerprint density at radius 1 is 1.43 bits per heavy atom. The fraction of sp³-hybridized carbons (Fsp3) is 0.565. The van der Waals surface area contributed by atoms with Crippen LogP contribution in [0.3, 0.4) is 0 Å². The summed E-state index contributed by atoms with van der Waals surface area (Å²) in [5.41, 5.74) is 2.24. The van der Waals surface area contributed by atoms with Gasteiger partial charge in [0.1, 0.15) is 11.6 Å². The van der Waals surface area contributed by atoms with Crippen molar-refractivity contribution in [2.75, 3.05) is 18.4 Å². The third-order valence-corrected chi connectivity index (χ3v) is 5.83. The monoisotopic (exact) mass is 410 g/mol. The molecule has 0 spiro atoms. The second kappa shape index (κ2) is 9.75. The Morgan fingerprint density at radius 2 is 2.23 bits per heavy atom. The van der Waals surface area contributed by atoms with Crippen LogP contribution in [-0.2, 0) is 27.2 Å². The number of pyridine rings is 1. The van der Waals surface area contributed by atoms with E-state index in [-0.39, 0.29) is 42.5 Å². The van der Waals surface area contributed by atoms with Crippen molar-refractivity contribution >= 4 is 23.4 Å². The number of aromatic nitrogens is 1. The topological polar surface area (TPSA) is 91.4 Å². The molecule has 160 valence electrons. The molecule has 0 radical (unpaired) electrons. The summed E-state index contributed by atoms with van der Waals surface area (Å²) < 4.78 is 0. The smallest absolute Gasteiger partial charge is 0.240 e. The Bertz CT molecular complexity index is 860. The van der Waals surface area contributed by atoms with E-state index in [0.29, 0.717) is 6.42 Å². The highest BCUT2D eigenvalue weighted by Gasteiger charge is 2.37. The van der Waals surface area contributed by atoms with Crippen LogP contribution in [0.2, 0.25) is 0 Å². The first-order valence-electron chi connectivity index (χ1n) is 10.7. The fourth-order valence-electron chi connectivity index (χ4n) is 4.23. The summed E-state index contributed by atoms with van der Waals surface area (Å²) >= 11 is 0. The van der Waals surface area contributed by atoms with Crippen LogP contribution in [0.1, 0.15) is 50.8 Å². The SMILES string of the molecule is C#C[C@H](CC(C)=O)NC(=O)CN1C(=O)[C@@H](CCc2ccc3c(n2)NCCC3)C[C@H]1C. The van der Waals surface area contributed by atoms with Crippen LogP contribution in [0.25, 0.3) is 0 Å². The minimum absolute atomic E-state index is 0.00226. The van der Waals surface area contributed by atoms with Gasteiger partial charge < -0.3 is 15.5 Å². The van der Waals surface area contributed by atoms with Crippen molar-refractivity contribution in [1.29, 1.82) is 0 Å². The Hall–Kier alpha value is -2.88. The lowest BCUT2D eigenvalue weighted by atomic mass is 9.98. The van der Waals surface area contributed by atoms with E-state index in [1.54, 1.807) is 4.90 Å². The van der Waals surface area contributed by atoms with Crippen molar-refractivity contribution in [2.24, 2.45) is 5.92 Å². The van der Waals surface area contributed by atoms with Crippen molar-refractivity contribution in [1.82, 2.24) is 15.2 Å². The van der Waals surface area contributed by atoms with Crippen LogP contribution >= 0.6 is 0 Å². The predicted molar refractivity (Wildman–Crippen MR) is 115 cm³/mol. The van der Waals surface area contributed by atoms with Gasteiger partial charge in [-0.3, -0.25) is 14.4 Å². The lowest BCUT2D eigenvalue weighted by Crippen LogP contribution is -2.45. The summed E-state index contributed by atoms with van der Waals surface area (Å²) in [7, 11) is 0. The maximum atomic E-state index is 12.9. The lowest BCUT2D eigenvalue weighted by Gasteiger charge is -2.22. The minimum Gasteiger partial charge on any atom is -0.370 e. The normalized spacial score (nSPS) is 21.4. The Kier molecular flexibility index (Phi) is 7.09. The van der Waals surface area contributed by atoms with E-state index in [0.717, 1.165) is 43.7 Å². The molecule has 0 bridgehead atoms. The molecular weight excluding hydrogens is 380 g/mol. The van der Waals surface area contributed by atoms with Gasteiger partial charge in [-0.1, -0.05) is 12.0 Å². The predicted octanol–water partition coefficient (Wildman–Crippen LogP) is 1.71. The first-order valence-corrected chi connectivity index (χ1v) is 10.7. The molecule has 2 amide bonds. The highest BCUT2D eigenvalue weighted by Crippen LogP contribution is 2.28. The summed E-state index contributed by atoms with van der Waals surface area (Å²) in [6.07, 6.45) is 9.83. The third-order valence-electron chi connectivity index (χ3n) is 5.83.